The third-order valence-corrected chi connectivity index (χ3v) is 4.69. The second-order valence-corrected chi connectivity index (χ2v) is 6.02. The Morgan fingerprint density at radius 3 is 2.88 bits per heavy atom. The van der Waals surface area contributed by atoms with E-state index in [0.29, 0.717) is 0 Å². The van der Waals surface area contributed by atoms with Gasteiger partial charge in [-0.3, -0.25) is 4.72 Å². The molecule has 1 aliphatic rings. The molecule has 0 aliphatic heterocycles. The van der Waals surface area contributed by atoms with Crippen LogP contribution in [0.4, 0.5) is 0 Å². The van der Waals surface area contributed by atoms with Crippen molar-refractivity contribution >= 4 is 11.9 Å². The molecule has 0 spiro atoms. The van der Waals surface area contributed by atoms with Crippen molar-refractivity contribution in [1.29, 1.82) is 0 Å². The topological polar surface area (TPSA) is 12.0 Å². The lowest BCUT2D eigenvalue weighted by Gasteiger charge is -2.38. The van der Waals surface area contributed by atoms with Crippen molar-refractivity contribution in [2.24, 2.45) is 5.92 Å². The molecule has 0 radical (unpaired) electrons. The minimum absolute atomic E-state index is 0.271. The Labute approximate surface area is 111 Å². The van der Waals surface area contributed by atoms with Crippen LogP contribution in [0.3, 0.4) is 0 Å². The molecule has 1 saturated carbocycles. The molecule has 0 aromatic heterocycles. The Kier molecular flexibility index (Phi) is 6.07. The number of rotatable bonds is 6. The van der Waals surface area contributed by atoms with Gasteiger partial charge in [0.05, 0.1) is 0 Å². The van der Waals surface area contributed by atoms with E-state index in [2.05, 4.69) is 31.7 Å². The highest BCUT2D eigenvalue weighted by atomic mass is 32.2. The van der Waals surface area contributed by atoms with E-state index in [0.717, 1.165) is 10.8 Å². The van der Waals surface area contributed by atoms with E-state index in [1.807, 2.05) is 18.2 Å². The van der Waals surface area contributed by atoms with Crippen molar-refractivity contribution in [1.82, 2.24) is 4.72 Å². The average Bonchev–Trinajstić information content (AvgIpc) is 2.34. The summed E-state index contributed by atoms with van der Waals surface area (Å²) in [6, 6.07) is 0. The van der Waals surface area contributed by atoms with Gasteiger partial charge in [0.1, 0.15) is 0 Å². The Bertz CT molecular complexity index is 295. The van der Waals surface area contributed by atoms with Gasteiger partial charge < -0.3 is 0 Å². The van der Waals surface area contributed by atoms with E-state index in [-0.39, 0.29) is 5.54 Å². The molecule has 0 aromatic rings. The first kappa shape index (κ1) is 14.6. The lowest BCUT2D eigenvalue weighted by atomic mass is 9.76. The predicted octanol–water partition coefficient (Wildman–Crippen LogP) is 4.84. The summed E-state index contributed by atoms with van der Waals surface area (Å²) in [7, 11) is 0. The quantitative estimate of drug-likeness (QED) is 0.535. The minimum atomic E-state index is 0.271. The Hall–Kier alpha value is -0.470. The predicted molar refractivity (Wildman–Crippen MR) is 79.9 cm³/mol. The Balaban J connectivity index is 2.51. The van der Waals surface area contributed by atoms with Crippen molar-refractivity contribution in [3.63, 3.8) is 0 Å². The summed E-state index contributed by atoms with van der Waals surface area (Å²) in [6.07, 6.45) is 12.3. The molecule has 0 amide bonds. The summed E-state index contributed by atoms with van der Waals surface area (Å²) >= 11 is 1.69. The SMILES string of the molecule is C=C/C=C(\C=C)SNC1(C)CCCC(CC)C1. The standard InChI is InChI=1S/C15H25NS/c1-5-9-14(7-3)17-16-15(4)11-8-10-13(6-2)12-15/h5,7,9,13,16H,1,3,6,8,10-12H2,2,4H3/b14-9+. The van der Waals surface area contributed by atoms with Crippen LogP contribution < -0.4 is 4.72 Å². The maximum absolute atomic E-state index is 3.82. The zero-order valence-electron chi connectivity index (χ0n) is 11.2. The maximum Gasteiger partial charge on any atom is 0.0260 e. The molecule has 2 atom stereocenters. The first-order valence-corrected chi connectivity index (χ1v) is 7.34. The Morgan fingerprint density at radius 1 is 1.53 bits per heavy atom. The number of nitrogens with one attached hydrogen (secondary N) is 1. The van der Waals surface area contributed by atoms with Crippen molar-refractivity contribution in [2.45, 2.75) is 51.5 Å². The van der Waals surface area contributed by atoms with Gasteiger partial charge in [-0.25, -0.2) is 0 Å². The number of allylic oxidation sites excluding steroid dienone is 3. The number of hydrogen-bond donors (Lipinski definition) is 1. The van der Waals surface area contributed by atoms with Gasteiger partial charge >= 0.3 is 0 Å². The molecule has 2 unspecified atom stereocenters. The van der Waals surface area contributed by atoms with Crippen LogP contribution in [0.1, 0.15) is 46.0 Å². The van der Waals surface area contributed by atoms with Crippen LogP contribution in [0.2, 0.25) is 0 Å². The minimum Gasteiger partial charge on any atom is -0.254 e. The first-order valence-electron chi connectivity index (χ1n) is 6.52. The average molecular weight is 251 g/mol. The third-order valence-electron chi connectivity index (χ3n) is 3.56. The first-order chi connectivity index (χ1) is 8.13. The zero-order valence-corrected chi connectivity index (χ0v) is 12.0. The van der Waals surface area contributed by atoms with E-state index in [4.69, 9.17) is 0 Å². The molecule has 2 heteroatoms. The summed E-state index contributed by atoms with van der Waals surface area (Å²) in [4.78, 5) is 1.14. The lowest BCUT2D eigenvalue weighted by molar-refractivity contribution is 0.223. The molecule has 0 saturated heterocycles. The van der Waals surface area contributed by atoms with E-state index in [1.54, 1.807) is 11.9 Å². The molecule has 1 aliphatic carbocycles. The van der Waals surface area contributed by atoms with Gasteiger partial charge in [-0.05, 0) is 43.7 Å². The van der Waals surface area contributed by atoms with E-state index < -0.39 is 0 Å². The van der Waals surface area contributed by atoms with Gasteiger partial charge in [0.25, 0.3) is 0 Å². The molecule has 1 nitrogen and oxygen atoms in total. The lowest BCUT2D eigenvalue weighted by Crippen LogP contribution is -2.42. The van der Waals surface area contributed by atoms with Crippen LogP contribution in [-0.4, -0.2) is 5.54 Å². The molecular weight excluding hydrogens is 226 g/mol. The molecule has 1 fully saturated rings. The molecule has 0 bridgehead atoms. The maximum atomic E-state index is 3.82. The summed E-state index contributed by atoms with van der Waals surface area (Å²) < 4.78 is 3.63. The third kappa shape index (κ3) is 4.72. The molecule has 0 aromatic carbocycles. The van der Waals surface area contributed by atoms with Crippen molar-refractivity contribution in [3.05, 3.63) is 36.3 Å². The van der Waals surface area contributed by atoms with Crippen molar-refractivity contribution < 1.29 is 0 Å². The second-order valence-electron chi connectivity index (χ2n) is 5.14. The van der Waals surface area contributed by atoms with E-state index in [1.165, 1.54) is 32.1 Å². The van der Waals surface area contributed by atoms with Crippen LogP contribution >= 0.6 is 11.9 Å². The fourth-order valence-corrected chi connectivity index (χ4v) is 3.30. The second kappa shape index (κ2) is 7.07. The van der Waals surface area contributed by atoms with Crippen LogP contribution in [0, 0.1) is 5.92 Å². The van der Waals surface area contributed by atoms with Crippen LogP contribution in [0.5, 0.6) is 0 Å². The molecular formula is C15H25NS. The van der Waals surface area contributed by atoms with Crippen LogP contribution in [-0.2, 0) is 0 Å². The molecule has 1 rings (SSSR count). The highest BCUT2D eigenvalue weighted by Crippen LogP contribution is 2.35. The molecule has 1 N–H and O–H groups in total. The highest BCUT2D eigenvalue weighted by Gasteiger charge is 2.31. The summed E-state index contributed by atoms with van der Waals surface area (Å²) in [5, 5.41) is 0. The van der Waals surface area contributed by atoms with Gasteiger partial charge in [0.15, 0.2) is 0 Å². The molecule has 96 valence electrons. The van der Waals surface area contributed by atoms with Gasteiger partial charge in [0, 0.05) is 10.4 Å². The fraction of sp³-hybridized carbons (Fsp3) is 0.600. The van der Waals surface area contributed by atoms with Gasteiger partial charge in [-0.2, -0.15) is 0 Å². The van der Waals surface area contributed by atoms with Crippen LogP contribution in [0.15, 0.2) is 36.3 Å². The summed E-state index contributed by atoms with van der Waals surface area (Å²) in [6.45, 7) is 12.2. The van der Waals surface area contributed by atoms with Crippen LogP contribution in [0.25, 0.3) is 0 Å². The fourth-order valence-electron chi connectivity index (χ4n) is 2.51. The summed E-state index contributed by atoms with van der Waals surface area (Å²) in [5.74, 6) is 0.886. The summed E-state index contributed by atoms with van der Waals surface area (Å²) in [5.41, 5.74) is 0.271. The normalized spacial score (nSPS) is 30.0. The van der Waals surface area contributed by atoms with E-state index in [9.17, 15) is 0 Å². The number of hydrogen-bond acceptors (Lipinski definition) is 2. The van der Waals surface area contributed by atoms with Crippen molar-refractivity contribution in [3.8, 4) is 0 Å². The van der Waals surface area contributed by atoms with Gasteiger partial charge in [0.2, 0.25) is 0 Å². The largest absolute Gasteiger partial charge is 0.254 e. The van der Waals surface area contributed by atoms with Gasteiger partial charge in [-0.1, -0.05) is 51.5 Å². The van der Waals surface area contributed by atoms with Gasteiger partial charge in [-0.15, -0.1) is 0 Å². The smallest absolute Gasteiger partial charge is 0.0260 e. The monoisotopic (exact) mass is 251 g/mol. The Morgan fingerprint density at radius 2 is 2.29 bits per heavy atom. The van der Waals surface area contributed by atoms with E-state index >= 15 is 0 Å². The zero-order chi connectivity index (χ0) is 12.7. The molecule has 0 heterocycles. The highest BCUT2D eigenvalue weighted by molar-refractivity contribution is 8.01. The van der Waals surface area contributed by atoms with Crippen molar-refractivity contribution in [2.75, 3.05) is 0 Å². The molecule has 17 heavy (non-hydrogen) atoms.